The summed E-state index contributed by atoms with van der Waals surface area (Å²) in [6.45, 7) is 1.42. The lowest BCUT2D eigenvalue weighted by Crippen LogP contribution is -2.30. The molecule has 27 heavy (non-hydrogen) atoms. The Hall–Kier alpha value is -2.64. The Morgan fingerprint density at radius 3 is 2.44 bits per heavy atom. The van der Waals surface area contributed by atoms with Crippen molar-refractivity contribution in [3.63, 3.8) is 0 Å². The molecule has 0 aliphatic rings. The molecule has 7 nitrogen and oxygen atoms in total. The number of ether oxygens (including phenoxy) is 3. The fourth-order valence-electron chi connectivity index (χ4n) is 2.18. The summed E-state index contributed by atoms with van der Waals surface area (Å²) in [6.07, 6.45) is -1.12. The minimum Gasteiger partial charge on any atom is -0.497 e. The second-order valence-electron chi connectivity index (χ2n) is 5.45. The van der Waals surface area contributed by atoms with Crippen molar-refractivity contribution in [2.75, 3.05) is 25.3 Å². The molecule has 0 heterocycles. The van der Waals surface area contributed by atoms with Crippen LogP contribution in [-0.4, -0.2) is 32.2 Å². The van der Waals surface area contributed by atoms with Gasteiger partial charge in [0.1, 0.15) is 11.5 Å². The Bertz CT molecular complexity index is 873. The van der Waals surface area contributed by atoms with Crippen LogP contribution < -0.4 is 20.5 Å². The van der Waals surface area contributed by atoms with Gasteiger partial charge in [0, 0.05) is 11.1 Å². The number of amides is 1. The maximum absolute atomic E-state index is 12.4. The van der Waals surface area contributed by atoms with Crippen LogP contribution in [0.15, 0.2) is 30.3 Å². The first-order valence-electron chi connectivity index (χ1n) is 7.75. The van der Waals surface area contributed by atoms with Crippen molar-refractivity contribution >= 4 is 46.5 Å². The number of halogens is 2. The Balaban J connectivity index is 2.13. The summed E-state index contributed by atoms with van der Waals surface area (Å²) in [4.78, 5) is 24.7. The van der Waals surface area contributed by atoms with Crippen LogP contribution in [-0.2, 0) is 9.53 Å². The summed E-state index contributed by atoms with van der Waals surface area (Å²) in [5, 5.41) is 2.97. The van der Waals surface area contributed by atoms with E-state index in [1.165, 1.54) is 33.3 Å². The smallest absolute Gasteiger partial charge is 0.341 e. The van der Waals surface area contributed by atoms with Crippen molar-refractivity contribution in [1.82, 2.24) is 0 Å². The van der Waals surface area contributed by atoms with E-state index in [0.29, 0.717) is 17.2 Å². The topological polar surface area (TPSA) is 99.9 Å². The minimum absolute atomic E-state index is 0.0214. The molecule has 144 valence electrons. The predicted molar refractivity (Wildman–Crippen MR) is 104 cm³/mol. The number of esters is 1. The van der Waals surface area contributed by atoms with Crippen LogP contribution in [0, 0.1) is 0 Å². The normalized spacial score (nSPS) is 11.4. The summed E-state index contributed by atoms with van der Waals surface area (Å²) in [7, 11) is 2.96. The minimum atomic E-state index is -1.12. The van der Waals surface area contributed by atoms with E-state index in [0.717, 1.165) is 0 Å². The van der Waals surface area contributed by atoms with Crippen LogP contribution in [0.2, 0.25) is 10.0 Å². The van der Waals surface area contributed by atoms with Gasteiger partial charge in [0.25, 0.3) is 5.91 Å². The molecule has 0 aliphatic carbocycles. The van der Waals surface area contributed by atoms with E-state index in [1.54, 1.807) is 18.2 Å². The quantitative estimate of drug-likeness (QED) is 0.553. The van der Waals surface area contributed by atoms with Gasteiger partial charge in [0.2, 0.25) is 0 Å². The van der Waals surface area contributed by atoms with Gasteiger partial charge in [-0.1, -0.05) is 23.2 Å². The van der Waals surface area contributed by atoms with Crippen molar-refractivity contribution < 1.29 is 23.8 Å². The summed E-state index contributed by atoms with van der Waals surface area (Å²) in [6, 6.07) is 7.63. The van der Waals surface area contributed by atoms with Crippen molar-refractivity contribution in [3.8, 4) is 11.5 Å². The molecule has 1 atom stereocenters. The molecular formula is C18H18Cl2N2O5. The Morgan fingerprint density at radius 2 is 1.81 bits per heavy atom. The van der Waals surface area contributed by atoms with Crippen molar-refractivity contribution in [2.45, 2.75) is 13.0 Å². The molecule has 2 rings (SSSR count). The van der Waals surface area contributed by atoms with Gasteiger partial charge in [-0.05, 0) is 31.2 Å². The van der Waals surface area contributed by atoms with Gasteiger partial charge in [-0.2, -0.15) is 0 Å². The highest BCUT2D eigenvalue weighted by molar-refractivity contribution is 6.37. The molecule has 0 saturated heterocycles. The monoisotopic (exact) mass is 412 g/mol. The number of rotatable bonds is 6. The average Bonchev–Trinajstić information content (AvgIpc) is 2.64. The molecular weight excluding hydrogens is 395 g/mol. The molecule has 0 bridgehead atoms. The van der Waals surface area contributed by atoms with Gasteiger partial charge in [0.05, 0.1) is 36.2 Å². The van der Waals surface area contributed by atoms with Crippen molar-refractivity contribution in [2.24, 2.45) is 0 Å². The van der Waals surface area contributed by atoms with Gasteiger partial charge in [0.15, 0.2) is 6.10 Å². The maximum Gasteiger partial charge on any atom is 0.341 e. The van der Waals surface area contributed by atoms with E-state index in [-0.39, 0.29) is 21.3 Å². The number of anilines is 2. The van der Waals surface area contributed by atoms with E-state index in [9.17, 15) is 9.59 Å². The maximum atomic E-state index is 12.4. The van der Waals surface area contributed by atoms with Gasteiger partial charge < -0.3 is 25.3 Å². The third-order valence-electron chi connectivity index (χ3n) is 3.63. The van der Waals surface area contributed by atoms with Crippen LogP contribution in [0.5, 0.6) is 11.5 Å². The van der Waals surface area contributed by atoms with E-state index >= 15 is 0 Å². The van der Waals surface area contributed by atoms with E-state index in [1.807, 2.05) is 0 Å². The SMILES string of the molecule is COc1ccc(OC)c(NC(=O)C(C)OC(=O)c2cc(Cl)cc(Cl)c2N)c1. The molecule has 0 aliphatic heterocycles. The van der Waals surface area contributed by atoms with E-state index in [4.69, 9.17) is 43.1 Å². The van der Waals surface area contributed by atoms with Gasteiger partial charge >= 0.3 is 5.97 Å². The number of carbonyl (C=O) groups is 2. The Morgan fingerprint density at radius 1 is 1.11 bits per heavy atom. The van der Waals surface area contributed by atoms with Gasteiger partial charge in [-0.15, -0.1) is 0 Å². The highest BCUT2D eigenvalue weighted by atomic mass is 35.5. The number of hydrogen-bond donors (Lipinski definition) is 2. The lowest BCUT2D eigenvalue weighted by atomic mass is 10.2. The lowest BCUT2D eigenvalue weighted by Gasteiger charge is -2.16. The molecule has 9 heteroatoms. The average molecular weight is 413 g/mol. The molecule has 1 amide bonds. The molecule has 0 fully saturated rings. The van der Waals surface area contributed by atoms with Crippen LogP contribution in [0.3, 0.4) is 0 Å². The molecule has 3 N–H and O–H groups in total. The third-order valence-corrected chi connectivity index (χ3v) is 4.16. The Labute approximate surface area is 166 Å². The highest BCUT2D eigenvalue weighted by Crippen LogP contribution is 2.30. The van der Waals surface area contributed by atoms with Crippen LogP contribution in [0.4, 0.5) is 11.4 Å². The second kappa shape index (κ2) is 8.83. The molecule has 0 saturated carbocycles. The van der Waals surface area contributed by atoms with Gasteiger partial charge in [-0.25, -0.2) is 4.79 Å². The number of benzene rings is 2. The first-order valence-corrected chi connectivity index (χ1v) is 8.50. The summed E-state index contributed by atoms with van der Waals surface area (Å²) in [5.74, 6) is -0.440. The fraction of sp³-hybridized carbons (Fsp3) is 0.222. The number of methoxy groups -OCH3 is 2. The number of carbonyl (C=O) groups excluding carboxylic acids is 2. The van der Waals surface area contributed by atoms with Crippen LogP contribution >= 0.6 is 23.2 Å². The standard InChI is InChI=1S/C18H18Cl2N2O5/c1-9(27-18(24)12-6-10(19)7-13(20)16(12)21)17(23)22-14-8-11(25-2)4-5-15(14)26-3/h4-9H,21H2,1-3H3,(H,22,23). The summed E-state index contributed by atoms with van der Waals surface area (Å²) < 4.78 is 15.5. The Kier molecular flexibility index (Phi) is 6.76. The van der Waals surface area contributed by atoms with Crippen LogP contribution in [0.25, 0.3) is 0 Å². The zero-order valence-electron chi connectivity index (χ0n) is 14.8. The summed E-state index contributed by atoms with van der Waals surface area (Å²) >= 11 is 11.8. The number of hydrogen-bond acceptors (Lipinski definition) is 6. The summed E-state index contributed by atoms with van der Waals surface area (Å²) in [5.41, 5.74) is 6.14. The molecule has 0 radical (unpaired) electrons. The van der Waals surface area contributed by atoms with E-state index < -0.39 is 18.0 Å². The van der Waals surface area contributed by atoms with E-state index in [2.05, 4.69) is 5.32 Å². The fourth-order valence-corrected chi connectivity index (χ4v) is 2.67. The number of nitrogens with one attached hydrogen (secondary N) is 1. The number of nitrogens with two attached hydrogens (primary N) is 1. The van der Waals surface area contributed by atoms with Gasteiger partial charge in [-0.3, -0.25) is 4.79 Å². The van der Waals surface area contributed by atoms with Crippen LogP contribution in [0.1, 0.15) is 17.3 Å². The zero-order valence-corrected chi connectivity index (χ0v) is 16.4. The molecule has 0 aromatic heterocycles. The molecule has 1 unspecified atom stereocenters. The zero-order chi connectivity index (χ0) is 20.1. The molecule has 2 aromatic carbocycles. The van der Waals surface area contributed by atoms with Crippen molar-refractivity contribution in [3.05, 3.63) is 45.9 Å². The second-order valence-corrected chi connectivity index (χ2v) is 6.30. The third kappa shape index (κ3) is 4.96. The van der Waals surface area contributed by atoms with Crippen molar-refractivity contribution in [1.29, 1.82) is 0 Å². The molecule has 0 spiro atoms. The largest absolute Gasteiger partial charge is 0.497 e. The highest BCUT2D eigenvalue weighted by Gasteiger charge is 2.23. The predicted octanol–water partition coefficient (Wildman–Crippen LogP) is 3.78. The lowest BCUT2D eigenvalue weighted by molar-refractivity contribution is -0.123. The first-order chi connectivity index (χ1) is 12.8. The first kappa shape index (κ1) is 20.7. The number of nitrogen functional groups attached to an aromatic ring is 1. The molecule has 2 aromatic rings.